The van der Waals surface area contributed by atoms with Crippen LogP contribution < -0.4 is 0 Å². The van der Waals surface area contributed by atoms with E-state index in [1.165, 1.54) is 16.0 Å². The van der Waals surface area contributed by atoms with Gasteiger partial charge in [-0.1, -0.05) is 18.2 Å². The first-order chi connectivity index (χ1) is 10.3. The molecule has 4 rings (SSSR count). The van der Waals surface area contributed by atoms with Crippen LogP contribution in [0.2, 0.25) is 0 Å². The van der Waals surface area contributed by atoms with Gasteiger partial charge in [0.15, 0.2) is 0 Å². The summed E-state index contributed by atoms with van der Waals surface area (Å²) in [6.45, 7) is 0.994. The molecule has 0 radical (unpaired) electrons. The second kappa shape index (κ2) is 5.08. The summed E-state index contributed by atoms with van der Waals surface area (Å²) in [7, 11) is 0. The minimum Gasteiger partial charge on any atom is -0.347 e. The fourth-order valence-corrected chi connectivity index (χ4v) is 4.31. The van der Waals surface area contributed by atoms with Crippen molar-refractivity contribution in [2.45, 2.75) is 17.4 Å². The third-order valence-electron chi connectivity index (χ3n) is 4.15. The second-order valence-corrected chi connectivity index (χ2v) is 6.51. The number of thioether (sulfide) groups is 1. The summed E-state index contributed by atoms with van der Waals surface area (Å²) in [6.07, 6.45) is 3.03. The number of fused-ring (bicyclic) bond motifs is 2. The molecule has 3 aromatic rings. The molecule has 21 heavy (non-hydrogen) atoms. The molecular weight excluding hydrogens is 278 g/mol. The normalized spacial score (nSPS) is 17.0. The van der Waals surface area contributed by atoms with Crippen LogP contribution in [0.3, 0.4) is 0 Å². The lowest BCUT2D eigenvalue weighted by Gasteiger charge is -2.13. The zero-order chi connectivity index (χ0) is 14.2. The van der Waals surface area contributed by atoms with Crippen LogP contribution in [0, 0.1) is 0 Å². The Morgan fingerprint density at radius 2 is 2.10 bits per heavy atom. The Bertz CT molecular complexity index is 821. The highest BCUT2D eigenvalue weighted by atomic mass is 32.2. The van der Waals surface area contributed by atoms with Crippen molar-refractivity contribution in [2.24, 2.45) is 0 Å². The molecule has 0 bridgehead atoms. The molecular formula is C18H15NOS. The first kappa shape index (κ1) is 12.7. The van der Waals surface area contributed by atoms with Crippen LogP contribution in [0.25, 0.3) is 10.9 Å². The van der Waals surface area contributed by atoms with E-state index in [9.17, 15) is 4.79 Å². The van der Waals surface area contributed by atoms with E-state index < -0.39 is 0 Å². The van der Waals surface area contributed by atoms with Gasteiger partial charge in [-0.05, 0) is 35.9 Å². The Kier molecular flexibility index (Phi) is 3.08. The Morgan fingerprint density at radius 3 is 3.00 bits per heavy atom. The molecule has 2 nitrogen and oxygen atoms in total. The van der Waals surface area contributed by atoms with Gasteiger partial charge < -0.3 is 4.57 Å². The van der Waals surface area contributed by atoms with Gasteiger partial charge in [0, 0.05) is 45.8 Å². The predicted octanol–water partition coefficient (Wildman–Crippen LogP) is 4.34. The van der Waals surface area contributed by atoms with Crippen molar-refractivity contribution in [3.8, 4) is 0 Å². The molecule has 3 heteroatoms. The van der Waals surface area contributed by atoms with Crippen LogP contribution in [-0.2, 0) is 6.54 Å². The predicted molar refractivity (Wildman–Crippen MR) is 87.2 cm³/mol. The molecule has 1 aromatic heterocycles. The highest BCUT2D eigenvalue weighted by Crippen LogP contribution is 2.40. The number of hydrogen-bond donors (Lipinski definition) is 0. The van der Waals surface area contributed by atoms with Gasteiger partial charge in [-0.3, -0.25) is 4.79 Å². The summed E-state index contributed by atoms with van der Waals surface area (Å²) in [5.41, 5.74) is 3.41. The molecule has 1 atom stereocenters. The van der Waals surface area contributed by atoms with Crippen LogP contribution in [0.1, 0.15) is 21.8 Å². The summed E-state index contributed by atoms with van der Waals surface area (Å²) in [4.78, 5) is 12.3. The van der Waals surface area contributed by atoms with Crippen LogP contribution in [-0.4, -0.2) is 16.6 Å². The highest BCUT2D eigenvalue weighted by Gasteiger charge is 2.23. The monoisotopic (exact) mass is 293 g/mol. The van der Waals surface area contributed by atoms with E-state index in [0.717, 1.165) is 29.5 Å². The van der Waals surface area contributed by atoms with E-state index >= 15 is 0 Å². The van der Waals surface area contributed by atoms with Gasteiger partial charge in [-0.15, -0.1) is 11.8 Å². The smallest absolute Gasteiger partial charge is 0.150 e. The van der Waals surface area contributed by atoms with E-state index in [2.05, 4.69) is 41.1 Å². The van der Waals surface area contributed by atoms with Crippen molar-refractivity contribution >= 4 is 29.0 Å². The third kappa shape index (κ3) is 2.18. The maximum Gasteiger partial charge on any atom is 0.150 e. The van der Waals surface area contributed by atoms with Crippen molar-refractivity contribution in [1.29, 1.82) is 0 Å². The van der Waals surface area contributed by atoms with Crippen LogP contribution in [0.4, 0.5) is 0 Å². The van der Waals surface area contributed by atoms with Gasteiger partial charge in [0.05, 0.1) is 0 Å². The molecule has 1 aliphatic heterocycles. The van der Waals surface area contributed by atoms with Crippen molar-refractivity contribution in [1.82, 2.24) is 4.57 Å². The molecule has 0 amide bonds. The number of benzene rings is 2. The molecule has 104 valence electrons. The molecule has 0 N–H and O–H groups in total. The number of carbonyl (C=O) groups is 1. The molecule has 1 unspecified atom stereocenters. The zero-order valence-electron chi connectivity index (χ0n) is 11.5. The Balaban J connectivity index is 1.68. The number of rotatable bonds is 3. The summed E-state index contributed by atoms with van der Waals surface area (Å²) in [6, 6.07) is 16.7. The number of aldehydes is 1. The van der Waals surface area contributed by atoms with Crippen molar-refractivity contribution in [2.75, 3.05) is 5.75 Å². The lowest BCUT2D eigenvalue weighted by atomic mass is 10.0. The van der Waals surface area contributed by atoms with E-state index in [4.69, 9.17) is 0 Å². The number of aromatic nitrogens is 1. The third-order valence-corrected chi connectivity index (χ3v) is 5.40. The number of hydrogen-bond acceptors (Lipinski definition) is 2. The SMILES string of the molecule is O=Cc1ccc2c(ccn2CC2CSc3ccccc32)c1. The molecule has 0 saturated carbocycles. The molecule has 0 spiro atoms. The molecule has 2 aromatic carbocycles. The highest BCUT2D eigenvalue weighted by molar-refractivity contribution is 7.99. The molecule has 1 aliphatic rings. The fraction of sp³-hybridized carbons (Fsp3) is 0.167. The van der Waals surface area contributed by atoms with Crippen molar-refractivity contribution in [3.05, 3.63) is 65.9 Å². The zero-order valence-corrected chi connectivity index (χ0v) is 12.3. The molecule has 2 heterocycles. The summed E-state index contributed by atoms with van der Waals surface area (Å²) in [5.74, 6) is 1.71. The van der Waals surface area contributed by atoms with E-state index in [1.54, 1.807) is 0 Å². The summed E-state index contributed by atoms with van der Waals surface area (Å²) in [5, 5.41) is 1.14. The van der Waals surface area contributed by atoms with Gasteiger partial charge in [0.1, 0.15) is 6.29 Å². The Labute approximate surface area is 127 Å². The minimum absolute atomic E-state index is 0.563. The van der Waals surface area contributed by atoms with Crippen molar-refractivity contribution in [3.63, 3.8) is 0 Å². The molecule has 0 saturated heterocycles. The average Bonchev–Trinajstić information content (AvgIpc) is 3.12. The molecule has 0 aliphatic carbocycles. The minimum atomic E-state index is 0.563. The van der Waals surface area contributed by atoms with E-state index in [1.807, 2.05) is 30.0 Å². The van der Waals surface area contributed by atoms with E-state index in [-0.39, 0.29) is 0 Å². The quantitative estimate of drug-likeness (QED) is 0.670. The van der Waals surface area contributed by atoms with Crippen LogP contribution >= 0.6 is 11.8 Å². The molecule has 0 fully saturated rings. The maximum atomic E-state index is 10.9. The van der Waals surface area contributed by atoms with Crippen LogP contribution in [0.5, 0.6) is 0 Å². The first-order valence-corrected chi connectivity index (χ1v) is 8.09. The standard InChI is InChI=1S/C18H15NOS/c20-11-13-5-6-17-14(9-13)7-8-19(17)10-15-12-21-18-4-2-1-3-16(15)18/h1-9,11,15H,10,12H2. The van der Waals surface area contributed by atoms with Gasteiger partial charge in [0.25, 0.3) is 0 Å². The van der Waals surface area contributed by atoms with Gasteiger partial charge in [0.2, 0.25) is 0 Å². The Morgan fingerprint density at radius 1 is 1.19 bits per heavy atom. The summed E-state index contributed by atoms with van der Waals surface area (Å²) >= 11 is 1.95. The maximum absolute atomic E-state index is 10.9. The average molecular weight is 293 g/mol. The number of carbonyl (C=O) groups excluding carboxylic acids is 1. The van der Waals surface area contributed by atoms with Gasteiger partial charge in [-0.2, -0.15) is 0 Å². The fourth-order valence-electron chi connectivity index (χ4n) is 3.07. The lowest BCUT2D eigenvalue weighted by Crippen LogP contribution is -2.07. The van der Waals surface area contributed by atoms with Crippen molar-refractivity contribution < 1.29 is 4.79 Å². The number of nitrogens with zero attached hydrogens (tertiary/aromatic N) is 1. The largest absolute Gasteiger partial charge is 0.347 e. The van der Waals surface area contributed by atoms with E-state index in [0.29, 0.717) is 5.92 Å². The summed E-state index contributed by atoms with van der Waals surface area (Å²) < 4.78 is 2.30. The topological polar surface area (TPSA) is 22.0 Å². The lowest BCUT2D eigenvalue weighted by molar-refractivity contribution is 0.112. The first-order valence-electron chi connectivity index (χ1n) is 7.11. The second-order valence-electron chi connectivity index (χ2n) is 5.45. The van der Waals surface area contributed by atoms with Gasteiger partial charge >= 0.3 is 0 Å². The van der Waals surface area contributed by atoms with Gasteiger partial charge in [-0.25, -0.2) is 0 Å². The van der Waals surface area contributed by atoms with Crippen LogP contribution in [0.15, 0.2) is 59.6 Å². The Hall–Kier alpha value is -2.00.